The molecule has 3 heterocycles. The van der Waals surface area contributed by atoms with Crippen molar-refractivity contribution >= 4 is 32.9 Å². The van der Waals surface area contributed by atoms with Crippen LogP contribution in [0.5, 0.6) is 0 Å². The first-order valence-corrected chi connectivity index (χ1v) is 9.81. The molecule has 0 bridgehead atoms. The fraction of sp³-hybridized carbons (Fsp3) is 0.286. The van der Waals surface area contributed by atoms with Gasteiger partial charge in [0, 0.05) is 40.2 Å². The number of nitrogens with zero attached hydrogens (tertiary/aromatic N) is 5. The highest BCUT2D eigenvalue weighted by Gasteiger charge is 2.35. The van der Waals surface area contributed by atoms with Crippen molar-refractivity contribution in [2.24, 2.45) is 4.36 Å². The second-order valence-corrected chi connectivity index (χ2v) is 8.70. The van der Waals surface area contributed by atoms with Gasteiger partial charge in [-0.2, -0.15) is 18.1 Å². The zero-order chi connectivity index (χ0) is 19.1. The number of fused-ring (bicyclic) bond motifs is 1. The minimum absolute atomic E-state index is 0.0739. The minimum atomic E-state index is -3.75. The summed E-state index contributed by atoms with van der Waals surface area (Å²) in [5, 5.41) is -0.286. The van der Waals surface area contributed by atoms with Crippen LogP contribution >= 0.6 is 11.6 Å². The number of hydrogen-bond donors (Lipinski definition) is 0. The predicted octanol–water partition coefficient (Wildman–Crippen LogP) is 2.47. The van der Waals surface area contributed by atoms with Gasteiger partial charge >= 0.3 is 11.3 Å². The topological polar surface area (TPSA) is 103 Å². The van der Waals surface area contributed by atoms with Gasteiger partial charge in [-0.1, -0.05) is 5.16 Å². The summed E-state index contributed by atoms with van der Waals surface area (Å²) in [5.41, 5.74) is 1.23. The largest absolute Gasteiger partial charge is 0.400 e. The molecular formula is C14H12ClF2N5O3S. The van der Waals surface area contributed by atoms with Gasteiger partial charge < -0.3 is 8.92 Å². The highest BCUT2D eigenvalue weighted by Crippen LogP contribution is 2.32. The average Bonchev–Trinajstić information content (AvgIpc) is 3.09. The molecule has 0 N–H and O–H groups in total. The van der Waals surface area contributed by atoms with E-state index in [2.05, 4.69) is 24.0 Å². The molecule has 0 spiro atoms. The lowest BCUT2D eigenvalue weighted by Crippen LogP contribution is -2.03. The summed E-state index contributed by atoms with van der Waals surface area (Å²) >= 11 is 4.84. The normalized spacial score (nSPS) is 12.5. The minimum Gasteiger partial charge on any atom is -0.331 e. The van der Waals surface area contributed by atoms with Crippen molar-refractivity contribution < 1.29 is 22.3 Å². The summed E-state index contributed by atoms with van der Waals surface area (Å²) in [6, 6.07) is 3.10. The highest BCUT2D eigenvalue weighted by molar-refractivity contribution is 7.92. The van der Waals surface area contributed by atoms with Crippen molar-refractivity contribution in [3.63, 3.8) is 0 Å². The molecule has 0 aliphatic rings. The van der Waals surface area contributed by atoms with Crippen molar-refractivity contribution in [2.75, 3.05) is 12.5 Å². The van der Waals surface area contributed by atoms with Crippen LogP contribution in [-0.4, -0.2) is 42.2 Å². The Bertz CT molecular complexity index is 1100. The van der Waals surface area contributed by atoms with E-state index < -0.39 is 26.9 Å². The Balaban J connectivity index is 1.89. The van der Waals surface area contributed by atoms with E-state index in [4.69, 9.17) is 11.6 Å². The maximum atomic E-state index is 13.0. The van der Waals surface area contributed by atoms with Crippen molar-refractivity contribution in [3.8, 4) is 11.4 Å². The van der Waals surface area contributed by atoms with Gasteiger partial charge in [0.15, 0.2) is 0 Å². The van der Waals surface area contributed by atoms with Gasteiger partial charge in [-0.05, 0) is 23.7 Å². The molecule has 26 heavy (non-hydrogen) atoms. The van der Waals surface area contributed by atoms with E-state index in [1.54, 1.807) is 22.9 Å². The molecular weight excluding hydrogens is 392 g/mol. The molecule has 0 aliphatic carbocycles. The first kappa shape index (κ1) is 18.4. The SMILES string of the molecule is CS(C)(=O)=NC(=O)Cc1cn2ccc(-c3noc(C(F)(F)Cl)n3)cc2n1. The lowest BCUT2D eigenvalue weighted by molar-refractivity contribution is -0.117. The van der Waals surface area contributed by atoms with Gasteiger partial charge in [0.05, 0.1) is 12.1 Å². The molecule has 0 atom stereocenters. The van der Waals surface area contributed by atoms with Crippen LogP contribution in [0.2, 0.25) is 0 Å². The number of hydrogen-bond acceptors (Lipinski definition) is 6. The molecule has 3 rings (SSSR count). The maximum absolute atomic E-state index is 13.0. The van der Waals surface area contributed by atoms with Crippen LogP contribution in [0, 0.1) is 0 Å². The van der Waals surface area contributed by atoms with Gasteiger partial charge in [0.25, 0.3) is 5.91 Å². The van der Waals surface area contributed by atoms with Crippen molar-refractivity contribution in [1.82, 2.24) is 19.5 Å². The zero-order valence-electron chi connectivity index (χ0n) is 13.5. The molecule has 0 radical (unpaired) electrons. The van der Waals surface area contributed by atoms with E-state index in [-0.39, 0.29) is 12.2 Å². The third-order valence-electron chi connectivity index (χ3n) is 3.09. The van der Waals surface area contributed by atoms with Gasteiger partial charge in [-0.3, -0.25) is 4.79 Å². The molecule has 138 valence electrons. The molecule has 12 heteroatoms. The van der Waals surface area contributed by atoms with E-state index in [1.165, 1.54) is 18.6 Å². The standard InChI is InChI=1S/C14H12ClF2N5O3S/c1-26(2,24)21-11(23)6-9-7-22-4-3-8(5-10(22)18-9)12-19-13(25-20-12)14(15,16)17/h3-5,7H,6H2,1-2H3. The number of carbonyl (C=O) groups excluding carboxylic acids is 1. The monoisotopic (exact) mass is 403 g/mol. The summed E-state index contributed by atoms with van der Waals surface area (Å²) in [4.78, 5) is 19.6. The summed E-state index contributed by atoms with van der Waals surface area (Å²) in [6.07, 6.45) is 5.82. The molecule has 8 nitrogen and oxygen atoms in total. The fourth-order valence-corrected chi connectivity index (χ4v) is 2.78. The molecule has 0 saturated heterocycles. The number of rotatable bonds is 4. The molecule has 0 fully saturated rings. The van der Waals surface area contributed by atoms with Gasteiger partial charge in [-0.25, -0.2) is 9.19 Å². The van der Waals surface area contributed by atoms with Crippen LogP contribution in [-0.2, 0) is 26.3 Å². The van der Waals surface area contributed by atoms with Crippen molar-refractivity contribution in [2.45, 2.75) is 11.8 Å². The quantitative estimate of drug-likeness (QED) is 0.620. The third-order valence-corrected chi connectivity index (χ3v) is 3.90. The second-order valence-electron chi connectivity index (χ2n) is 5.68. The number of aromatic nitrogens is 4. The lowest BCUT2D eigenvalue weighted by Gasteiger charge is -1.98. The van der Waals surface area contributed by atoms with Gasteiger partial charge in [0.2, 0.25) is 5.82 Å². The maximum Gasteiger partial charge on any atom is 0.400 e. The van der Waals surface area contributed by atoms with Crippen LogP contribution in [0.25, 0.3) is 17.0 Å². The van der Waals surface area contributed by atoms with Gasteiger partial charge in [0.1, 0.15) is 5.65 Å². The Labute approximate surface area is 151 Å². The Morgan fingerprint density at radius 3 is 2.77 bits per heavy atom. The summed E-state index contributed by atoms with van der Waals surface area (Å²) in [7, 11) is -2.53. The number of halogens is 3. The van der Waals surface area contributed by atoms with Crippen molar-refractivity contribution in [1.29, 1.82) is 0 Å². The van der Waals surface area contributed by atoms with Crippen LogP contribution in [0.4, 0.5) is 8.78 Å². The first-order valence-electron chi connectivity index (χ1n) is 7.10. The molecule has 0 saturated carbocycles. The molecule has 0 aliphatic heterocycles. The van der Waals surface area contributed by atoms with Crippen LogP contribution in [0.15, 0.2) is 33.4 Å². The van der Waals surface area contributed by atoms with E-state index in [0.717, 1.165) is 0 Å². The smallest absolute Gasteiger partial charge is 0.331 e. The number of imidazole rings is 1. The summed E-state index contributed by atoms with van der Waals surface area (Å²) < 4.78 is 47.1. The van der Waals surface area contributed by atoms with Crippen LogP contribution in [0.1, 0.15) is 11.6 Å². The average molecular weight is 404 g/mol. The zero-order valence-corrected chi connectivity index (χ0v) is 15.1. The van der Waals surface area contributed by atoms with Gasteiger partial charge in [-0.15, -0.1) is 0 Å². The number of amides is 1. The van der Waals surface area contributed by atoms with E-state index in [9.17, 15) is 17.8 Å². The molecule has 0 aromatic carbocycles. The Hall–Kier alpha value is -2.40. The molecule has 0 unspecified atom stereocenters. The van der Waals surface area contributed by atoms with E-state index in [0.29, 0.717) is 16.9 Å². The Morgan fingerprint density at radius 1 is 1.42 bits per heavy atom. The number of carbonyl (C=O) groups is 1. The molecule has 3 aromatic rings. The second kappa shape index (κ2) is 6.40. The van der Waals surface area contributed by atoms with E-state index >= 15 is 0 Å². The first-order chi connectivity index (χ1) is 12.0. The Morgan fingerprint density at radius 2 is 2.15 bits per heavy atom. The number of pyridine rings is 1. The lowest BCUT2D eigenvalue weighted by atomic mass is 10.2. The summed E-state index contributed by atoms with van der Waals surface area (Å²) in [6.45, 7) is 0. The number of alkyl halides is 3. The van der Waals surface area contributed by atoms with Crippen molar-refractivity contribution in [3.05, 3.63) is 36.1 Å². The third kappa shape index (κ3) is 4.22. The fourth-order valence-electron chi connectivity index (χ4n) is 2.15. The predicted molar refractivity (Wildman–Crippen MR) is 89.4 cm³/mol. The molecule has 3 aromatic heterocycles. The summed E-state index contributed by atoms with van der Waals surface area (Å²) in [5.74, 6) is -1.63. The highest BCUT2D eigenvalue weighted by atomic mass is 35.5. The van der Waals surface area contributed by atoms with E-state index in [1.807, 2.05) is 0 Å². The molecule has 1 amide bonds. The van der Waals surface area contributed by atoms with Crippen LogP contribution < -0.4 is 0 Å². The Kier molecular flexibility index (Phi) is 4.53. The van der Waals surface area contributed by atoms with Crippen LogP contribution in [0.3, 0.4) is 0 Å².